The minimum Gasteiger partial charge on any atom is -0.478 e. The van der Waals surface area contributed by atoms with Crippen molar-refractivity contribution in [2.75, 3.05) is 6.54 Å². The largest absolute Gasteiger partial charge is 0.478 e. The number of aliphatic carboxylic acids is 1. The molecule has 0 aromatic rings. The lowest BCUT2D eigenvalue weighted by molar-refractivity contribution is -0.132. The van der Waals surface area contributed by atoms with Gasteiger partial charge in [0.25, 0.3) is 0 Å². The van der Waals surface area contributed by atoms with Crippen molar-refractivity contribution in [2.24, 2.45) is 0 Å². The lowest BCUT2D eigenvalue weighted by Crippen LogP contribution is -2.22. The van der Waals surface area contributed by atoms with Gasteiger partial charge in [-0.3, -0.25) is 0 Å². The van der Waals surface area contributed by atoms with E-state index in [9.17, 15) is 4.79 Å². The normalized spacial score (nSPS) is 16.4. The molecule has 4 heteroatoms. The zero-order chi connectivity index (χ0) is 10.7. The number of allylic oxidation sites excluding steroid dienone is 1. The van der Waals surface area contributed by atoms with Crippen LogP contribution in [0.15, 0.2) is 35.2 Å². The predicted molar refractivity (Wildman–Crippen MR) is 55.8 cm³/mol. The van der Waals surface area contributed by atoms with Crippen LogP contribution in [0.2, 0.25) is 0 Å². The molecule has 1 N–H and O–H groups in total. The van der Waals surface area contributed by atoms with Crippen molar-refractivity contribution in [2.45, 2.75) is 13.3 Å². The Morgan fingerprint density at radius 3 is 2.86 bits per heavy atom. The van der Waals surface area contributed by atoms with E-state index in [4.69, 9.17) is 16.7 Å². The zero-order valence-electron chi connectivity index (χ0n) is 7.96. The summed E-state index contributed by atoms with van der Waals surface area (Å²) in [6, 6.07) is 0. The monoisotopic (exact) mass is 213 g/mol. The molecule has 0 spiro atoms. The molecule has 76 valence electrons. The molecule has 0 saturated heterocycles. The number of hydrogen-bond acceptors (Lipinski definition) is 2. The summed E-state index contributed by atoms with van der Waals surface area (Å²) in [6.45, 7) is 6.51. The van der Waals surface area contributed by atoms with Gasteiger partial charge in [-0.1, -0.05) is 25.1 Å². The van der Waals surface area contributed by atoms with E-state index in [0.29, 0.717) is 10.7 Å². The van der Waals surface area contributed by atoms with Crippen LogP contribution in [0.3, 0.4) is 0 Å². The van der Waals surface area contributed by atoms with E-state index in [1.807, 2.05) is 6.92 Å². The Labute approximate surface area is 88.0 Å². The summed E-state index contributed by atoms with van der Waals surface area (Å²) in [5.41, 5.74) is 0.842. The van der Waals surface area contributed by atoms with Gasteiger partial charge in [0.15, 0.2) is 0 Å². The maximum absolute atomic E-state index is 10.7. The molecule has 0 amide bonds. The van der Waals surface area contributed by atoms with Crippen molar-refractivity contribution in [1.29, 1.82) is 0 Å². The van der Waals surface area contributed by atoms with Crippen LogP contribution in [0.25, 0.3) is 0 Å². The summed E-state index contributed by atoms with van der Waals surface area (Å²) in [4.78, 5) is 12.5. The van der Waals surface area contributed by atoms with Crippen LogP contribution in [0.4, 0.5) is 0 Å². The minimum absolute atomic E-state index is 0.191. The van der Waals surface area contributed by atoms with Crippen molar-refractivity contribution >= 4 is 17.6 Å². The molecule has 0 atom stereocenters. The SMILES string of the molecule is C=C1C(Cl)=CC(C(=O)O)=CN1CCC. The second-order valence-electron chi connectivity index (χ2n) is 3.02. The van der Waals surface area contributed by atoms with E-state index in [1.165, 1.54) is 6.08 Å². The molecule has 0 radical (unpaired) electrons. The Balaban J connectivity index is 2.95. The molecule has 0 bridgehead atoms. The highest BCUT2D eigenvalue weighted by Crippen LogP contribution is 2.25. The van der Waals surface area contributed by atoms with Crippen molar-refractivity contribution in [1.82, 2.24) is 4.90 Å². The third kappa shape index (κ3) is 2.17. The number of nitrogens with zero attached hydrogens (tertiary/aromatic N) is 1. The van der Waals surface area contributed by atoms with E-state index in [2.05, 4.69) is 6.58 Å². The van der Waals surface area contributed by atoms with Gasteiger partial charge < -0.3 is 10.0 Å². The highest BCUT2D eigenvalue weighted by Gasteiger charge is 2.17. The van der Waals surface area contributed by atoms with Crippen LogP contribution >= 0.6 is 11.6 Å². The molecule has 0 aromatic carbocycles. The molecular weight excluding hydrogens is 202 g/mol. The highest BCUT2D eigenvalue weighted by atomic mass is 35.5. The number of carboxylic acids is 1. The number of halogens is 1. The van der Waals surface area contributed by atoms with Crippen LogP contribution in [0.5, 0.6) is 0 Å². The quantitative estimate of drug-likeness (QED) is 0.782. The van der Waals surface area contributed by atoms with Crippen LogP contribution in [-0.4, -0.2) is 22.5 Å². The number of hydrogen-bond donors (Lipinski definition) is 1. The molecule has 1 rings (SSSR count). The average molecular weight is 214 g/mol. The van der Waals surface area contributed by atoms with E-state index in [1.54, 1.807) is 11.1 Å². The van der Waals surface area contributed by atoms with E-state index < -0.39 is 5.97 Å². The Morgan fingerprint density at radius 2 is 2.36 bits per heavy atom. The van der Waals surface area contributed by atoms with Gasteiger partial charge in [0, 0.05) is 12.7 Å². The molecule has 3 nitrogen and oxygen atoms in total. The van der Waals surface area contributed by atoms with Crippen molar-refractivity contribution in [3.05, 3.63) is 35.2 Å². The van der Waals surface area contributed by atoms with E-state index in [0.717, 1.165) is 13.0 Å². The summed E-state index contributed by atoms with van der Waals surface area (Å²) in [6.07, 6.45) is 3.88. The van der Waals surface area contributed by atoms with Crippen LogP contribution in [-0.2, 0) is 4.79 Å². The second kappa shape index (κ2) is 4.33. The third-order valence-electron chi connectivity index (χ3n) is 1.91. The summed E-state index contributed by atoms with van der Waals surface area (Å²) < 4.78 is 0. The van der Waals surface area contributed by atoms with Gasteiger partial charge in [0.05, 0.1) is 16.3 Å². The Kier molecular flexibility index (Phi) is 3.36. The number of carboxylic acid groups (broad SMARTS) is 1. The van der Waals surface area contributed by atoms with Crippen LogP contribution < -0.4 is 0 Å². The van der Waals surface area contributed by atoms with E-state index >= 15 is 0 Å². The van der Waals surface area contributed by atoms with Crippen molar-refractivity contribution in [3.63, 3.8) is 0 Å². The zero-order valence-corrected chi connectivity index (χ0v) is 8.71. The topological polar surface area (TPSA) is 40.5 Å². The molecule has 0 aromatic heterocycles. The smallest absolute Gasteiger partial charge is 0.337 e. The molecule has 0 saturated carbocycles. The summed E-state index contributed by atoms with van der Waals surface area (Å²) in [5.74, 6) is -0.975. The summed E-state index contributed by atoms with van der Waals surface area (Å²) in [7, 11) is 0. The molecule has 1 heterocycles. The molecule has 1 aliphatic heterocycles. The van der Waals surface area contributed by atoms with Gasteiger partial charge in [0.2, 0.25) is 0 Å². The molecular formula is C10H12ClNO2. The lowest BCUT2D eigenvalue weighted by atomic mass is 10.1. The van der Waals surface area contributed by atoms with Crippen LogP contribution in [0, 0.1) is 0 Å². The Bertz CT molecular complexity index is 331. The fourth-order valence-electron chi connectivity index (χ4n) is 1.20. The highest BCUT2D eigenvalue weighted by molar-refractivity contribution is 6.32. The van der Waals surface area contributed by atoms with Gasteiger partial charge in [0.1, 0.15) is 0 Å². The first-order chi connectivity index (χ1) is 6.56. The standard InChI is InChI=1S/C10H12ClNO2/c1-3-4-12-6-8(10(13)14)5-9(11)7(12)2/h5-6H,2-4H2,1H3,(H,13,14). The first-order valence-electron chi connectivity index (χ1n) is 4.34. The molecule has 14 heavy (non-hydrogen) atoms. The van der Waals surface area contributed by atoms with Crippen molar-refractivity contribution < 1.29 is 9.90 Å². The maximum Gasteiger partial charge on any atom is 0.337 e. The maximum atomic E-state index is 10.7. The summed E-state index contributed by atoms with van der Waals surface area (Å²) >= 11 is 5.85. The first kappa shape index (κ1) is 10.9. The minimum atomic E-state index is -0.975. The van der Waals surface area contributed by atoms with Gasteiger partial charge in [-0.05, 0) is 12.5 Å². The number of carbonyl (C=O) groups is 1. The lowest BCUT2D eigenvalue weighted by Gasteiger charge is -2.25. The number of rotatable bonds is 3. The van der Waals surface area contributed by atoms with E-state index in [-0.39, 0.29) is 5.57 Å². The predicted octanol–water partition coefficient (Wildman–Crippen LogP) is 2.32. The fraction of sp³-hybridized carbons (Fsp3) is 0.300. The average Bonchev–Trinajstić information content (AvgIpc) is 2.12. The molecule has 0 fully saturated rings. The summed E-state index contributed by atoms with van der Waals surface area (Å²) in [5, 5.41) is 9.19. The van der Waals surface area contributed by atoms with Gasteiger partial charge in [-0.25, -0.2) is 4.79 Å². The Hall–Kier alpha value is -1.22. The van der Waals surface area contributed by atoms with Gasteiger partial charge in [-0.2, -0.15) is 0 Å². The first-order valence-corrected chi connectivity index (χ1v) is 4.72. The van der Waals surface area contributed by atoms with Gasteiger partial charge >= 0.3 is 5.97 Å². The van der Waals surface area contributed by atoms with Crippen molar-refractivity contribution in [3.8, 4) is 0 Å². The van der Waals surface area contributed by atoms with Crippen LogP contribution in [0.1, 0.15) is 13.3 Å². The molecule has 0 unspecified atom stereocenters. The third-order valence-corrected chi connectivity index (χ3v) is 2.24. The second-order valence-corrected chi connectivity index (χ2v) is 3.43. The molecule has 0 aliphatic carbocycles. The molecule has 1 aliphatic rings. The van der Waals surface area contributed by atoms with Gasteiger partial charge in [-0.15, -0.1) is 0 Å². The Morgan fingerprint density at radius 1 is 1.71 bits per heavy atom. The fourth-order valence-corrected chi connectivity index (χ4v) is 1.42.